The molecule has 2 heterocycles. The van der Waals surface area contributed by atoms with Crippen molar-refractivity contribution in [3.63, 3.8) is 0 Å². The van der Waals surface area contributed by atoms with Crippen molar-refractivity contribution in [1.82, 2.24) is 9.29 Å². The van der Waals surface area contributed by atoms with Crippen LogP contribution in [0.25, 0.3) is 10.2 Å². The molecule has 2 aromatic carbocycles. The molecule has 4 rings (SSSR count). The summed E-state index contributed by atoms with van der Waals surface area (Å²) in [6.07, 6.45) is 2.88. The molecular formula is C20H21N3O3S3. The first-order valence-electron chi connectivity index (χ1n) is 9.41. The van der Waals surface area contributed by atoms with Gasteiger partial charge in [-0.05, 0) is 49.2 Å². The molecule has 0 aliphatic carbocycles. The first-order chi connectivity index (χ1) is 14.0. The maximum Gasteiger partial charge on any atom is 0.243 e. The van der Waals surface area contributed by atoms with Crippen LogP contribution in [0.2, 0.25) is 0 Å². The molecule has 152 valence electrons. The summed E-state index contributed by atoms with van der Waals surface area (Å²) in [6.45, 7) is 1.15. The second-order valence-electron chi connectivity index (χ2n) is 6.77. The van der Waals surface area contributed by atoms with Gasteiger partial charge < -0.3 is 5.32 Å². The van der Waals surface area contributed by atoms with Crippen molar-refractivity contribution >= 4 is 54.9 Å². The fraction of sp³-hybridized carbons (Fsp3) is 0.300. The highest BCUT2D eigenvalue weighted by atomic mass is 32.2. The largest absolute Gasteiger partial charge is 0.325 e. The van der Waals surface area contributed by atoms with Crippen LogP contribution in [0.3, 0.4) is 0 Å². The van der Waals surface area contributed by atoms with Crippen LogP contribution in [0.15, 0.2) is 57.8 Å². The number of piperidine rings is 1. The van der Waals surface area contributed by atoms with Gasteiger partial charge >= 0.3 is 0 Å². The number of nitrogens with zero attached hydrogens (tertiary/aromatic N) is 2. The van der Waals surface area contributed by atoms with E-state index < -0.39 is 10.0 Å². The molecule has 1 N–H and O–H groups in total. The Kier molecular flexibility index (Phi) is 6.19. The summed E-state index contributed by atoms with van der Waals surface area (Å²) >= 11 is 2.96. The Hall–Kier alpha value is -1.94. The van der Waals surface area contributed by atoms with Crippen LogP contribution in [-0.4, -0.2) is 42.5 Å². The van der Waals surface area contributed by atoms with Gasteiger partial charge in [0.15, 0.2) is 4.34 Å². The van der Waals surface area contributed by atoms with E-state index in [1.807, 2.05) is 24.3 Å². The Labute approximate surface area is 178 Å². The third-order valence-corrected chi connectivity index (χ3v) is 8.78. The Bertz CT molecular complexity index is 1070. The number of hydrogen-bond donors (Lipinski definition) is 1. The minimum Gasteiger partial charge on any atom is -0.325 e. The van der Waals surface area contributed by atoms with Gasteiger partial charge in [0.25, 0.3) is 0 Å². The molecule has 1 amide bonds. The van der Waals surface area contributed by atoms with Crippen LogP contribution < -0.4 is 5.32 Å². The lowest BCUT2D eigenvalue weighted by Gasteiger charge is -2.25. The van der Waals surface area contributed by atoms with Gasteiger partial charge in [-0.15, -0.1) is 11.3 Å². The predicted octanol–water partition coefficient (Wildman–Crippen LogP) is 4.20. The molecule has 1 aliphatic rings. The lowest BCUT2D eigenvalue weighted by Crippen LogP contribution is -2.35. The number of benzene rings is 2. The highest BCUT2D eigenvalue weighted by Crippen LogP contribution is 2.29. The van der Waals surface area contributed by atoms with E-state index >= 15 is 0 Å². The van der Waals surface area contributed by atoms with E-state index in [4.69, 9.17) is 0 Å². The summed E-state index contributed by atoms with van der Waals surface area (Å²) in [7, 11) is -3.46. The number of carbonyl (C=O) groups excluding carboxylic acids is 1. The third-order valence-electron chi connectivity index (χ3n) is 4.69. The lowest BCUT2D eigenvalue weighted by molar-refractivity contribution is -0.113. The van der Waals surface area contributed by atoms with Crippen LogP contribution >= 0.6 is 23.1 Å². The molecule has 0 bridgehead atoms. The standard InChI is InChI=1S/C20H21N3O3S3/c24-19(14-27-20-22-17-6-2-3-7-18(17)28-20)21-15-8-10-16(11-9-15)29(25,26)23-12-4-1-5-13-23/h2-3,6-11H,1,4-5,12-14H2,(H,21,24). The monoisotopic (exact) mass is 447 g/mol. The molecule has 1 fully saturated rings. The van der Waals surface area contributed by atoms with Gasteiger partial charge in [-0.3, -0.25) is 4.79 Å². The third kappa shape index (κ3) is 4.80. The maximum atomic E-state index is 12.7. The van der Waals surface area contributed by atoms with Crippen LogP contribution in [0.4, 0.5) is 5.69 Å². The van der Waals surface area contributed by atoms with Gasteiger partial charge in [-0.2, -0.15) is 4.31 Å². The number of para-hydroxylation sites is 1. The van der Waals surface area contributed by atoms with Crippen molar-refractivity contribution in [1.29, 1.82) is 0 Å². The SMILES string of the molecule is O=C(CSc1nc2ccccc2s1)Nc1ccc(S(=O)(=O)N2CCCCC2)cc1. The molecule has 0 unspecified atom stereocenters. The van der Waals surface area contributed by atoms with Gasteiger partial charge in [-0.1, -0.05) is 30.3 Å². The quantitative estimate of drug-likeness (QED) is 0.573. The Balaban J connectivity index is 1.35. The molecule has 1 aromatic heterocycles. The van der Waals surface area contributed by atoms with Gasteiger partial charge in [0, 0.05) is 18.8 Å². The Morgan fingerprint density at radius 1 is 1.07 bits per heavy atom. The Morgan fingerprint density at radius 2 is 1.79 bits per heavy atom. The predicted molar refractivity (Wildman–Crippen MR) is 118 cm³/mol. The fourth-order valence-electron chi connectivity index (χ4n) is 3.20. The summed E-state index contributed by atoms with van der Waals surface area (Å²) in [5, 5.41) is 2.81. The second-order valence-corrected chi connectivity index (χ2v) is 11.0. The highest BCUT2D eigenvalue weighted by Gasteiger charge is 2.25. The molecule has 0 spiro atoms. The number of hydrogen-bond acceptors (Lipinski definition) is 6. The zero-order valence-corrected chi connectivity index (χ0v) is 18.2. The minimum absolute atomic E-state index is 0.152. The average Bonchev–Trinajstić information content (AvgIpc) is 3.16. The smallest absolute Gasteiger partial charge is 0.243 e. The second kappa shape index (κ2) is 8.83. The van der Waals surface area contributed by atoms with E-state index in [2.05, 4.69) is 10.3 Å². The number of nitrogens with one attached hydrogen (secondary N) is 1. The van der Waals surface area contributed by atoms with E-state index in [0.29, 0.717) is 18.8 Å². The summed E-state index contributed by atoms with van der Waals surface area (Å²) in [5.74, 6) is 0.0917. The molecule has 6 nitrogen and oxygen atoms in total. The van der Waals surface area contributed by atoms with Crippen molar-refractivity contribution < 1.29 is 13.2 Å². The van der Waals surface area contributed by atoms with E-state index in [0.717, 1.165) is 33.8 Å². The summed E-state index contributed by atoms with van der Waals surface area (Å²) in [5.41, 5.74) is 1.52. The van der Waals surface area contributed by atoms with E-state index in [9.17, 15) is 13.2 Å². The number of fused-ring (bicyclic) bond motifs is 1. The zero-order chi connectivity index (χ0) is 20.3. The molecule has 0 saturated carbocycles. The number of thiazole rings is 1. The number of carbonyl (C=O) groups is 1. The number of sulfonamides is 1. The van der Waals surface area contributed by atoms with Gasteiger partial charge in [-0.25, -0.2) is 13.4 Å². The van der Waals surface area contributed by atoms with E-state index in [-0.39, 0.29) is 16.6 Å². The number of anilines is 1. The zero-order valence-electron chi connectivity index (χ0n) is 15.7. The van der Waals surface area contributed by atoms with Gasteiger partial charge in [0.1, 0.15) is 0 Å². The molecule has 29 heavy (non-hydrogen) atoms. The van der Waals surface area contributed by atoms with Crippen molar-refractivity contribution in [3.8, 4) is 0 Å². The van der Waals surface area contributed by atoms with Crippen LogP contribution in [0, 0.1) is 0 Å². The number of amides is 1. The maximum absolute atomic E-state index is 12.7. The lowest BCUT2D eigenvalue weighted by atomic mass is 10.2. The fourth-order valence-corrected chi connectivity index (χ4v) is 6.59. The molecule has 0 radical (unpaired) electrons. The van der Waals surface area contributed by atoms with Crippen LogP contribution in [0.1, 0.15) is 19.3 Å². The van der Waals surface area contributed by atoms with Crippen molar-refractivity contribution in [2.75, 3.05) is 24.2 Å². The Morgan fingerprint density at radius 3 is 2.52 bits per heavy atom. The molecular weight excluding hydrogens is 426 g/mol. The molecule has 1 aliphatic heterocycles. The first kappa shape index (κ1) is 20.3. The number of thioether (sulfide) groups is 1. The van der Waals surface area contributed by atoms with Gasteiger partial charge in [0.05, 0.1) is 20.9 Å². The minimum atomic E-state index is -3.46. The van der Waals surface area contributed by atoms with Crippen molar-refractivity contribution in [3.05, 3.63) is 48.5 Å². The van der Waals surface area contributed by atoms with Crippen molar-refractivity contribution in [2.45, 2.75) is 28.5 Å². The first-order valence-corrected chi connectivity index (χ1v) is 12.6. The van der Waals surface area contributed by atoms with Gasteiger partial charge in [0.2, 0.25) is 15.9 Å². The number of rotatable bonds is 6. The van der Waals surface area contributed by atoms with Crippen molar-refractivity contribution in [2.24, 2.45) is 0 Å². The van der Waals surface area contributed by atoms with Crippen LogP contribution in [0.5, 0.6) is 0 Å². The molecule has 0 atom stereocenters. The normalized spacial score (nSPS) is 15.4. The molecule has 3 aromatic rings. The molecule has 9 heteroatoms. The summed E-state index contributed by atoms with van der Waals surface area (Å²) in [6, 6.07) is 14.3. The summed E-state index contributed by atoms with van der Waals surface area (Å²) in [4.78, 5) is 17.0. The molecule has 1 saturated heterocycles. The van der Waals surface area contributed by atoms with E-state index in [1.165, 1.54) is 11.8 Å². The summed E-state index contributed by atoms with van der Waals surface area (Å²) < 4.78 is 28.9. The average molecular weight is 448 g/mol. The highest BCUT2D eigenvalue weighted by molar-refractivity contribution is 8.01. The van der Waals surface area contributed by atoms with Crippen LogP contribution in [-0.2, 0) is 14.8 Å². The number of aromatic nitrogens is 1. The van der Waals surface area contributed by atoms with E-state index in [1.54, 1.807) is 39.9 Å². The topological polar surface area (TPSA) is 79.4 Å².